The van der Waals surface area contributed by atoms with Crippen molar-refractivity contribution in [2.45, 2.75) is 6.92 Å². The predicted octanol–water partition coefficient (Wildman–Crippen LogP) is 5.87. The topological polar surface area (TPSA) is 88.1 Å². The lowest BCUT2D eigenvalue weighted by Crippen LogP contribution is -2.09. The van der Waals surface area contributed by atoms with Crippen molar-refractivity contribution < 1.29 is 27.8 Å². The number of esters is 1. The van der Waals surface area contributed by atoms with Crippen LogP contribution in [-0.2, 0) is 0 Å². The van der Waals surface area contributed by atoms with Crippen LogP contribution >= 0.6 is 0 Å². The van der Waals surface area contributed by atoms with E-state index in [0.29, 0.717) is 22.5 Å². The summed E-state index contributed by atoms with van der Waals surface area (Å²) in [6.07, 6.45) is 0. The van der Waals surface area contributed by atoms with Gasteiger partial charge in [-0.2, -0.15) is 0 Å². The van der Waals surface area contributed by atoms with Gasteiger partial charge in [-0.3, -0.25) is 4.79 Å². The molecule has 0 aliphatic carbocycles. The number of furan rings is 1. The maximum atomic E-state index is 13.0. The Morgan fingerprint density at radius 2 is 1.64 bits per heavy atom. The van der Waals surface area contributed by atoms with Gasteiger partial charge in [0.15, 0.2) is 0 Å². The Bertz CT molecular complexity index is 1530. The monoisotopic (exact) mass is 442 g/mol. The van der Waals surface area contributed by atoms with E-state index in [1.54, 1.807) is 50.4 Å². The van der Waals surface area contributed by atoms with Crippen molar-refractivity contribution in [2.24, 2.45) is 0 Å². The van der Waals surface area contributed by atoms with Gasteiger partial charge < -0.3 is 23.0 Å². The number of carbonyl (C=O) groups excluding carboxylic acids is 1. The molecule has 0 aliphatic rings. The molecule has 2 aromatic heterocycles. The zero-order chi connectivity index (χ0) is 22.9. The van der Waals surface area contributed by atoms with Gasteiger partial charge in [-0.15, -0.1) is 0 Å². The maximum absolute atomic E-state index is 13.0. The third kappa shape index (κ3) is 3.92. The Kier molecular flexibility index (Phi) is 5.06. The van der Waals surface area contributed by atoms with Gasteiger partial charge in [0.25, 0.3) is 0 Å². The van der Waals surface area contributed by atoms with Gasteiger partial charge in [-0.25, -0.2) is 4.79 Å². The first-order chi connectivity index (χ1) is 16.0. The van der Waals surface area contributed by atoms with Crippen LogP contribution in [0.3, 0.4) is 0 Å². The number of benzene rings is 3. The minimum atomic E-state index is -0.650. The number of carbonyl (C=O) groups is 1. The van der Waals surface area contributed by atoms with Crippen LogP contribution < -0.4 is 19.6 Å². The van der Waals surface area contributed by atoms with E-state index in [0.717, 1.165) is 5.39 Å². The van der Waals surface area contributed by atoms with E-state index < -0.39 is 5.97 Å². The van der Waals surface area contributed by atoms with Gasteiger partial charge in [0, 0.05) is 17.5 Å². The fraction of sp³-hybridized carbons (Fsp3) is 0.0769. The largest absolute Gasteiger partial charge is 0.497 e. The summed E-state index contributed by atoms with van der Waals surface area (Å²) < 4.78 is 27.8. The summed E-state index contributed by atoms with van der Waals surface area (Å²) in [5.41, 5.74) is 0.519. The standard InChI is InChI=1S/C26H18O7/c1-15-25(31-18-8-5-7-17(13-18)29-2)24(27)20-11-10-19(14-22(20)30-15)32-26(28)23-12-16-6-3-4-9-21(16)33-23/h3-14H,1-2H3. The van der Waals surface area contributed by atoms with E-state index in [9.17, 15) is 9.59 Å². The summed E-state index contributed by atoms with van der Waals surface area (Å²) in [6, 6.07) is 20.4. The average molecular weight is 442 g/mol. The van der Waals surface area contributed by atoms with Gasteiger partial charge in [-0.05, 0) is 43.3 Å². The van der Waals surface area contributed by atoms with Crippen LogP contribution in [0.1, 0.15) is 16.3 Å². The maximum Gasteiger partial charge on any atom is 0.379 e. The molecule has 0 fully saturated rings. The molecular weight excluding hydrogens is 424 g/mol. The highest BCUT2D eigenvalue weighted by Gasteiger charge is 2.18. The lowest BCUT2D eigenvalue weighted by molar-refractivity contribution is 0.0704. The molecule has 0 unspecified atom stereocenters. The molecule has 7 heteroatoms. The third-order valence-electron chi connectivity index (χ3n) is 5.09. The molecule has 164 valence electrons. The number of hydrogen-bond acceptors (Lipinski definition) is 7. The number of aryl methyl sites for hydroxylation is 1. The van der Waals surface area contributed by atoms with E-state index in [1.165, 1.54) is 18.2 Å². The van der Waals surface area contributed by atoms with Crippen molar-refractivity contribution in [1.29, 1.82) is 0 Å². The normalized spacial score (nSPS) is 11.0. The highest BCUT2D eigenvalue weighted by atomic mass is 16.5. The molecule has 5 rings (SSSR count). The number of fused-ring (bicyclic) bond motifs is 2. The minimum Gasteiger partial charge on any atom is -0.497 e. The van der Waals surface area contributed by atoms with E-state index in [2.05, 4.69) is 0 Å². The van der Waals surface area contributed by atoms with Crippen molar-refractivity contribution in [3.05, 3.63) is 94.5 Å². The van der Waals surface area contributed by atoms with Crippen LogP contribution in [0.2, 0.25) is 0 Å². The molecule has 0 saturated carbocycles. The molecule has 0 amide bonds. The zero-order valence-corrected chi connectivity index (χ0v) is 17.8. The zero-order valence-electron chi connectivity index (χ0n) is 17.8. The molecule has 0 aliphatic heterocycles. The van der Waals surface area contributed by atoms with E-state index in [-0.39, 0.29) is 34.0 Å². The smallest absolute Gasteiger partial charge is 0.379 e. The second-order valence-electron chi connectivity index (χ2n) is 7.29. The molecule has 0 spiro atoms. The van der Waals surface area contributed by atoms with Crippen LogP contribution in [-0.4, -0.2) is 13.1 Å². The predicted molar refractivity (Wildman–Crippen MR) is 121 cm³/mol. The van der Waals surface area contributed by atoms with Crippen LogP contribution in [0.4, 0.5) is 0 Å². The molecule has 0 atom stereocenters. The summed E-state index contributed by atoms with van der Waals surface area (Å²) in [5, 5.41) is 1.09. The van der Waals surface area contributed by atoms with Gasteiger partial charge in [0.05, 0.1) is 12.5 Å². The number of hydrogen-bond donors (Lipinski definition) is 0. The number of rotatable bonds is 5. The SMILES string of the molecule is COc1cccc(Oc2c(C)oc3cc(OC(=O)c4cc5ccccc5o4)ccc3c2=O)c1. The Morgan fingerprint density at radius 1 is 0.818 bits per heavy atom. The Morgan fingerprint density at radius 3 is 2.45 bits per heavy atom. The van der Waals surface area contributed by atoms with Gasteiger partial charge in [0.2, 0.25) is 16.9 Å². The van der Waals surface area contributed by atoms with Crippen molar-refractivity contribution in [3.8, 4) is 23.0 Å². The summed E-state index contributed by atoms with van der Waals surface area (Å²) in [5.74, 6) is 1.06. The van der Waals surface area contributed by atoms with Crippen molar-refractivity contribution in [3.63, 3.8) is 0 Å². The molecular formula is C26H18O7. The molecule has 5 aromatic rings. The molecule has 7 nitrogen and oxygen atoms in total. The van der Waals surface area contributed by atoms with Crippen LogP contribution in [0.15, 0.2) is 86.4 Å². The average Bonchev–Trinajstić information content (AvgIpc) is 3.26. The van der Waals surface area contributed by atoms with Gasteiger partial charge >= 0.3 is 5.97 Å². The van der Waals surface area contributed by atoms with Gasteiger partial charge in [-0.1, -0.05) is 24.3 Å². The molecule has 0 N–H and O–H groups in total. The van der Waals surface area contributed by atoms with E-state index in [1.807, 2.05) is 18.2 Å². The van der Waals surface area contributed by atoms with Crippen molar-refractivity contribution >= 4 is 27.9 Å². The molecule has 33 heavy (non-hydrogen) atoms. The molecule has 0 saturated heterocycles. The first kappa shape index (κ1) is 20.4. The first-order valence-electron chi connectivity index (χ1n) is 10.1. The Hall–Kier alpha value is -4.52. The Labute approximate surface area is 187 Å². The lowest BCUT2D eigenvalue weighted by atomic mass is 10.2. The van der Waals surface area contributed by atoms with Crippen molar-refractivity contribution in [2.75, 3.05) is 7.11 Å². The third-order valence-corrected chi connectivity index (χ3v) is 5.09. The van der Waals surface area contributed by atoms with Crippen molar-refractivity contribution in [1.82, 2.24) is 0 Å². The summed E-state index contributed by atoms with van der Waals surface area (Å²) in [7, 11) is 1.55. The highest BCUT2D eigenvalue weighted by Crippen LogP contribution is 2.29. The molecule has 0 bridgehead atoms. The lowest BCUT2D eigenvalue weighted by Gasteiger charge is -2.10. The number of ether oxygens (including phenoxy) is 3. The summed E-state index contributed by atoms with van der Waals surface area (Å²) >= 11 is 0. The second kappa shape index (κ2) is 8.20. The molecule has 3 aromatic carbocycles. The van der Waals surface area contributed by atoms with Crippen LogP contribution in [0.5, 0.6) is 23.0 Å². The Balaban J connectivity index is 1.44. The number of methoxy groups -OCH3 is 1. The van der Waals surface area contributed by atoms with E-state index in [4.69, 9.17) is 23.0 Å². The summed E-state index contributed by atoms with van der Waals surface area (Å²) in [6.45, 7) is 1.63. The van der Waals surface area contributed by atoms with Gasteiger partial charge in [0.1, 0.15) is 34.2 Å². The fourth-order valence-corrected chi connectivity index (χ4v) is 3.47. The quantitative estimate of drug-likeness (QED) is 0.248. The number of para-hydroxylation sites is 1. The second-order valence-corrected chi connectivity index (χ2v) is 7.29. The molecule has 0 radical (unpaired) electrons. The van der Waals surface area contributed by atoms with E-state index >= 15 is 0 Å². The first-order valence-corrected chi connectivity index (χ1v) is 10.1. The van der Waals surface area contributed by atoms with Crippen LogP contribution in [0, 0.1) is 6.92 Å². The molecule has 2 heterocycles. The van der Waals surface area contributed by atoms with Crippen LogP contribution in [0.25, 0.3) is 21.9 Å². The summed E-state index contributed by atoms with van der Waals surface area (Å²) in [4.78, 5) is 25.5. The fourth-order valence-electron chi connectivity index (χ4n) is 3.47. The highest BCUT2D eigenvalue weighted by molar-refractivity contribution is 5.94. The minimum absolute atomic E-state index is 0.0720.